The first-order valence-corrected chi connectivity index (χ1v) is 8.83. The van der Waals surface area contributed by atoms with Crippen LogP contribution in [0.15, 0.2) is 18.2 Å². The smallest absolute Gasteiger partial charge is 0.322 e. The van der Waals surface area contributed by atoms with Gasteiger partial charge in [-0.3, -0.25) is 14.9 Å². The fourth-order valence-corrected chi connectivity index (χ4v) is 4.18. The highest BCUT2D eigenvalue weighted by Gasteiger charge is 2.58. The van der Waals surface area contributed by atoms with Gasteiger partial charge in [-0.25, -0.2) is 13.6 Å². The van der Waals surface area contributed by atoms with Gasteiger partial charge in [-0.15, -0.1) is 0 Å². The summed E-state index contributed by atoms with van der Waals surface area (Å²) in [4.78, 5) is 36.0. The van der Waals surface area contributed by atoms with Crippen LogP contribution in [0, 0.1) is 17.6 Å². The second-order valence-electron chi connectivity index (χ2n) is 7.40. The van der Waals surface area contributed by atoms with Gasteiger partial charge in [0.1, 0.15) is 17.2 Å². The standard InChI is InChI=1S/C18H19F2N3O4/c19-11-1-2-12(13(20)7-11)17(3-5-27-6-4-17)22-14(24)10-8-18(9-10)15(25)21-16(26)23-18/h1-2,7,10H,3-6,8-9H2,(H,22,24)(H2,21,23,25,26). The van der Waals surface area contributed by atoms with E-state index >= 15 is 0 Å². The minimum absolute atomic E-state index is 0.189. The molecule has 1 aromatic carbocycles. The van der Waals surface area contributed by atoms with E-state index in [9.17, 15) is 23.2 Å². The highest BCUT2D eigenvalue weighted by molar-refractivity contribution is 6.08. The molecule has 1 aliphatic carbocycles. The van der Waals surface area contributed by atoms with E-state index in [2.05, 4.69) is 16.0 Å². The van der Waals surface area contributed by atoms with Gasteiger partial charge in [0, 0.05) is 30.8 Å². The number of carbonyl (C=O) groups is 3. The molecule has 0 radical (unpaired) electrons. The minimum Gasteiger partial charge on any atom is -0.381 e. The number of carbonyl (C=O) groups excluding carboxylic acids is 3. The Bertz CT molecular complexity index is 817. The predicted octanol–water partition coefficient (Wildman–Crippen LogP) is 1.07. The normalized spacial score (nSPS) is 29.0. The summed E-state index contributed by atoms with van der Waals surface area (Å²) in [6, 6.07) is 2.75. The number of urea groups is 1. The van der Waals surface area contributed by atoms with Crippen molar-refractivity contribution in [1.29, 1.82) is 0 Å². The van der Waals surface area contributed by atoms with Crippen LogP contribution in [-0.4, -0.2) is 36.6 Å². The topological polar surface area (TPSA) is 96.5 Å². The van der Waals surface area contributed by atoms with Crippen molar-refractivity contribution >= 4 is 17.8 Å². The first kappa shape index (κ1) is 17.8. The minimum atomic E-state index is -1.02. The lowest BCUT2D eigenvalue weighted by molar-refractivity contribution is -0.138. The Kier molecular flexibility index (Phi) is 4.14. The summed E-state index contributed by atoms with van der Waals surface area (Å²) < 4.78 is 33.1. The van der Waals surface area contributed by atoms with Crippen molar-refractivity contribution in [2.75, 3.05) is 13.2 Å². The van der Waals surface area contributed by atoms with Crippen LogP contribution in [0.3, 0.4) is 0 Å². The molecule has 1 saturated carbocycles. The van der Waals surface area contributed by atoms with E-state index in [1.54, 1.807) is 0 Å². The van der Waals surface area contributed by atoms with E-state index in [0.717, 1.165) is 6.07 Å². The van der Waals surface area contributed by atoms with Crippen LogP contribution in [0.25, 0.3) is 0 Å². The molecule has 144 valence electrons. The number of imide groups is 1. The number of nitrogens with one attached hydrogen (secondary N) is 3. The molecule has 3 fully saturated rings. The molecule has 0 unspecified atom stereocenters. The summed E-state index contributed by atoms with van der Waals surface area (Å²) in [7, 11) is 0. The van der Waals surface area contributed by atoms with E-state index in [1.807, 2.05) is 0 Å². The lowest BCUT2D eigenvalue weighted by Crippen LogP contribution is -2.62. The highest BCUT2D eigenvalue weighted by Crippen LogP contribution is 2.42. The highest BCUT2D eigenvalue weighted by atomic mass is 19.1. The van der Waals surface area contributed by atoms with Crippen LogP contribution < -0.4 is 16.0 Å². The van der Waals surface area contributed by atoms with Crippen LogP contribution >= 0.6 is 0 Å². The Morgan fingerprint density at radius 1 is 1.19 bits per heavy atom. The van der Waals surface area contributed by atoms with Crippen molar-refractivity contribution < 1.29 is 27.9 Å². The van der Waals surface area contributed by atoms with E-state index in [0.29, 0.717) is 26.1 Å². The van der Waals surface area contributed by atoms with Crippen LogP contribution in [0.2, 0.25) is 0 Å². The number of amides is 4. The quantitative estimate of drug-likeness (QED) is 0.685. The predicted molar refractivity (Wildman–Crippen MR) is 88.4 cm³/mol. The molecular formula is C18H19F2N3O4. The average Bonchev–Trinajstić information content (AvgIpc) is 2.88. The summed E-state index contributed by atoms with van der Waals surface area (Å²) in [5.41, 5.74) is -1.79. The molecule has 9 heteroatoms. The zero-order chi connectivity index (χ0) is 19.2. The molecule has 2 heterocycles. The van der Waals surface area contributed by atoms with Gasteiger partial charge in [0.05, 0.1) is 5.54 Å². The van der Waals surface area contributed by atoms with E-state index < -0.39 is 40.6 Å². The number of hydrogen-bond donors (Lipinski definition) is 3. The molecule has 2 aliphatic heterocycles. The fraction of sp³-hybridized carbons (Fsp3) is 0.500. The summed E-state index contributed by atoms with van der Waals surface area (Å²) in [6.45, 7) is 0.675. The third-order valence-corrected chi connectivity index (χ3v) is 5.73. The fourth-order valence-electron chi connectivity index (χ4n) is 4.18. The lowest BCUT2D eigenvalue weighted by Gasteiger charge is -2.44. The van der Waals surface area contributed by atoms with Crippen LogP contribution in [0.4, 0.5) is 13.6 Å². The third-order valence-electron chi connectivity index (χ3n) is 5.73. The molecule has 3 N–H and O–H groups in total. The van der Waals surface area contributed by atoms with Gasteiger partial charge in [-0.05, 0) is 31.7 Å². The zero-order valence-corrected chi connectivity index (χ0v) is 14.4. The Hall–Kier alpha value is -2.55. The molecule has 2 saturated heterocycles. The van der Waals surface area contributed by atoms with E-state index in [1.165, 1.54) is 12.1 Å². The molecular weight excluding hydrogens is 360 g/mol. The SMILES string of the molecule is O=C1NC(=O)C2(CC(C(=O)NC3(c4ccc(F)cc4F)CCOCC3)C2)N1. The van der Waals surface area contributed by atoms with Crippen LogP contribution in [0.5, 0.6) is 0 Å². The van der Waals surface area contributed by atoms with Crippen molar-refractivity contribution in [3.05, 3.63) is 35.4 Å². The van der Waals surface area contributed by atoms with Crippen LogP contribution in [0.1, 0.15) is 31.2 Å². The molecule has 3 aliphatic rings. The molecule has 1 aromatic rings. The third kappa shape index (κ3) is 2.95. The molecule has 4 rings (SSSR count). The summed E-state index contributed by atoms with van der Waals surface area (Å²) >= 11 is 0. The average molecular weight is 379 g/mol. The van der Waals surface area contributed by atoms with E-state index in [4.69, 9.17) is 4.74 Å². The number of halogens is 2. The maximum Gasteiger partial charge on any atom is 0.322 e. The summed E-state index contributed by atoms with van der Waals surface area (Å²) in [6.07, 6.45) is 1.09. The maximum absolute atomic E-state index is 14.4. The van der Waals surface area contributed by atoms with E-state index in [-0.39, 0.29) is 24.3 Å². The van der Waals surface area contributed by atoms with Crippen molar-refractivity contribution in [2.24, 2.45) is 5.92 Å². The Balaban J connectivity index is 1.52. The molecule has 0 atom stereocenters. The van der Waals surface area contributed by atoms with Crippen molar-refractivity contribution in [3.63, 3.8) is 0 Å². The molecule has 0 aromatic heterocycles. The molecule has 1 spiro atoms. The maximum atomic E-state index is 14.4. The Morgan fingerprint density at radius 2 is 1.89 bits per heavy atom. The van der Waals surface area contributed by atoms with Crippen molar-refractivity contribution in [2.45, 2.75) is 36.8 Å². The van der Waals surface area contributed by atoms with Gasteiger partial charge in [0.15, 0.2) is 0 Å². The molecule has 7 nitrogen and oxygen atoms in total. The Labute approximate surface area is 153 Å². The van der Waals surface area contributed by atoms with Gasteiger partial charge >= 0.3 is 6.03 Å². The second kappa shape index (κ2) is 6.26. The van der Waals surface area contributed by atoms with Crippen molar-refractivity contribution in [3.8, 4) is 0 Å². The van der Waals surface area contributed by atoms with Crippen molar-refractivity contribution in [1.82, 2.24) is 16.0 Å². The van der Waals surface area contributed by atoms with Gasteiger partial charge in [0.2, 0.25) is 5.91 Å². The monoisotopic (exact) mass is 379 g/mol. The zero-order valence-electron chi connectivity index (χ0n) is 14.4. The second-order valence-corrected chi connectivity index (χ2v) is 7.40. The summed E-state index contributed by atoms with van der Waals surface area (Å²) in [5.74, 6) is -2.63. The molecule has 27 heavy (non-hydrogen) atoms. The van der Waals surface area contributed by atoms with Gasteiger partial charge in [0.25, 0.3) is 5.91 Å². The van der Waals surface area contributed by atoms with Crippen LogP contribution in [-0.2, 0) is 19.9 Å². The first-order chi connectivity index (χ1) is 12.8. The van der Waals surface area contributed by atoms with Gasteiger partial charge in [-0.1, -0.05) is 6.07 Å². The molecule has 4 amide bonds. The number of rotatable bonds is 3. The number of ether oxygens (including phenoxy) is 1. The first-order valence-electron chi connectivity index (χ1n) is 8.83. The Morgan fingerprint density at radius 3 is 2.48 bits per heavy atom. The largest absolute Gasteiger partial charge is 0.381 e. The van der Waals surface area contributed by atoms with Gasteiger partial charge in [-0.2, -0.15) is 0 Å². The number of hydrogen-bond acceptors (Lipinski definition) is 4. The lowest BCUT2D eigenvalue weighted by atomic mass is 9.67. The molecule has 0 bridgehead atoms. The number of benzene rings is 1. The van der Waals surface area contributed by atoms with Gasteiger partial charge < -0.3 is 15.4 Å². The summed E-state index contributed by atoms with van der Waals surface area (Å²) in [5, 5.41) is 7.65.